The van der Waals surface area contributed by atoms with Crippen molar-refractivity contribution in [1.82, 2.24) is 0 Å². The van der Waals surface area contributed by atoms with Crippen molar-refractivity contribution in [3.63, 3.8) is 0 Å². The molecule has 0 bridgehead atoms. The van der Waals surface area contributed by atoms with Gasteiger partial charge in [0.15, 0.2) is 0 Å². The highest BCUT2D eigenvalue weighted by atomic mass is 16.5. The molecule has 0 aromatic rings. The molecule has 1 rings (SSSR count). The van der Waals surface area contributed by atoms with Crippen molar-refractivity contribution < 1.29 is 9.53 Å². The molecule has 0 aromatic carbocycles. The van der Waals surface area contributed by atoms with Gasteiger partial charge in [-0.1, -0.05) is 31.3 Å². The van der Waals surface area contributed by atoms with Crippen molar-refractivity contribution in [2.75, 3.05) is 13.7 Å². The van der Waals surface area contributed by atoms with E-state index in [1.807, 2.05) is 6.08 Å². The molecule has 2 nitrogen and oxygen atoms in total. The maximum atomic E-state index is 11.4. The summed E-state index contributed by atoms with van der Waals surface area (Å²) in [6, 6.07) is 0. The molecule has 88 valence electrons. The molecule has 0 spiro atoms. The lowest BCUT2D eigenvalue weighted by atomic mass is 9.80. The Hall–Kier alpha value is -1.07. The van der Waals surface area contributed by atoms with E-state index >= 15 is 0 Å². The molecule has 0 heterocycles. The average molecular weight is 220 g/mol. The SMILES string of the molecule is COCC#C/C=C1\CCC(=O)CCC1(C)C. The van der Waals surface area contributed by atoms with Crippen molar-refractivity contribution in [1.29, 1.82) is 0 Å². The van der Waals surface area contributed by atoms with Crippen molar-refractivity contribution in [2.45, 2.75) is 39.5 Å². The van der Waals surface area contributed by atoms with E-state index in [-0.39, 0.29) is 5.41 Å². The van der Waals surface area contributed by atoms with E-state index in [2.05, 4.69) is 25.7 Å². The molecule has 0 unspecified atom stereocenters. The lowest BCUT2D eigenvalue weighted by Crippen LogP contribution is -2.13. The molecule has 0 saturated heterocycles. The maximum Gasteiger partial charge on any atom is 0.133 e. The highest BCUT2D eigenvalue weighted by Gasteiger charge is 2.27. The number of carbonyl (C=O) groups is 1. The van der Waals surface area contributed by atoms with Crippen LogP contribution in [-0.2, 0) is 9.53 Å². The fraction of sp³-hybridized carbons (Fsp3) is 0.643. The van der Waals surface area contributed by atoms with Crippen LogP contribution in [0.25, 0.3) is 0 Å². The van der Waals surface area contributed by atoms with Gasteiger partial charge in [0.05, 0.1) is 0 Å². The van der Waals surface area contributed by atoms with Gasteiger partial charge in [-0.25, -0.2) is 0 Å². The van der Waals surface area contributed by atoms with Crippen LogP contribution >= 0.6 is 0 Å². The second-order valence-electron chi connectivity index (χ2n) is 4.85. The predicted molar refractivity (Wildman–Crippen MR) is 65.0 cm³/mol. The van der Waals surface area contributed by atoms with Gasteiger partial charge in [0.25, 0.3) is 0 Å². The summed E-state index contributed by atoms with van der Waals surface area (Å²) < 4.78 is 4.87. The first-order chi connectivity index (χ1) is 7.56. The van der Waals surface area contributed by atoms with Crippen molar-refractivity contribution in [2.24, 2.45) is 5.41 Å². The third-order valence-corrected chi connectivity index (χ3v) is 3.14. The molecule has 0 aliphatic heterocycles. The first-order valence-corrected chi connectivity index (χ1v) is 5.75. The number of carbonyl (C=O) groups excluding carboxylic acids is 1. The van der Waals surface area contributed by atoms with Gasteiger partial charge in [-0.15, -0.1) is 0 Å². The zero-order valence-electron chi connectivity index (χ0n) is 10.4. The van der Waals surface area contributed by atoms with Gasteiger partial charge in [0.2, 0.25) is 0 Å². The molecule has 0 amide bonds. The molecule has 1 saturated carbocycles. The number of hydrogen-bond acceptors (Lipinski definition) is 2. The molecular formula is C14H20O2. The number of ketones is 1. The summed E-state index contributed by atoms with van der Waals surface area (Å²) >= 11 is 0. The van der Waals surface area contributed by atoms with E-state index in [0.717, 1.165) is 12.8 Å². The van der Waals surface area contributed by atoms with Crippen molar-refractivity contribution in [3.8, 4) is 11.8 Å². The van der Waals surface area contributed by atoms with E-state index < -0.39 is 0 Å². The molecule has 1 fully saturated rings. The summed E-state index contributed by atoms with van der Waals surface area (Å²) in [6.07, 6.45) is 5.13. The number of allylic oxidation sites excluding steroid dienone is 2. The molecule has 1 aliphatic rings. The highest BCUT2D eigenvalue weighted by molar-refractivity contribution is 5.79. The number of ether oxygens (including phenoxy) is 1. The zero-order valence-corrected chi connectivity index (χ0v) is 10.4. The molecule has 0 aromatic heterocycles. The lowest BCUT2D eigenvalue weighted by Gasteiger charge is -2.24. The minimum absolute atomic E-state index is 0.105. The smallest absolute Gasteiger partial charge is 0.133 e. The van der Waals surface area contributed by atoms with Gasteiger partial charge >= 0.3 is 0 Å². The Balaban J connectivity index is 2.76. The van der Waals surface area contributed by atoms with Crippen LogP contribution in [0.2, 0.25) is 0 Å². The Labute approximate surface area is 98.1 Å². The third kappa shape index (κ3) is 3.83. The van der Waals surface area contributed by atoms with E-state index in [0.29, 0.717) is 25.2 Å². The molecule has 1 aliphatic carbocycles. The fourth-order valence-electron chi connectivity index (χ4n) is 1.87. The number of methoxy groups -OCH3 is 1. The van der Waals surface area contributed by atoms with Crippen LogP contribution < -0.4 is 0 Å². The minimum atomic E-state index is 0.105. The van der Waals surface area contributed by atoms with E-state index in [1.54, 1.807) is 7.11 Å². The summed E-state index contributed by atoms with van der Waals surface area (Å²) in [5, 5.41) is 0. The van der Waals surface area contributed by atoms with Crippen molar-refractivity contribution >= 4 is 5.78 Å². The molecule has 0 radical (unpaired) electrons. The lowest BCUT2D eigenvalue weighted by molar-refractivity contribution is -0.119. The monoisotopic (exact) mass is 220 g/mol. The van der Waals surface area contributed by atoms with E-state index in [9.17, 15) is 4.79 Å². The standard InChI is InChI=1S/C14H20O2/c1-14(2)10-9-13(15)8-7-12(14)6-4-5-11-16-3/h6H,7-11H2,1-3H3/b12-6+. The van der Waals surface area contributed by atoms with Crippen LogP contribution in [0.5, 0.6) is 0 Å². The second kappa shape index (κ2) is 5.86. The Morgan fingerprint density at radius 1 is 1.38 bits per heavy atom. The Bertz CT molecular complexity index is 339. The summed E-state index contributed by atoms with van der Waals surface area (Å²) in [5.74, 6) is 6.30. The van der Waals surface area contributed by atoms with Gasteiger partial charge < -0.3 is 4.74 Å². The summed E-state index contributed by atoms with van der Waals surface area (Å²) in [5.41, 5.74) is 1.40. The fourth-order valence-corrected chi connectivity index (χ4v) is 1.87. The largest absolute Gasteiger partial charge is 0.372 e. The molecular weight excluding hydrogens is 200 g/mol. The van der Waals surface area contributed by atoms with Gasteiger partial charge in [0, 0.05) is 20.0 Å². The minimum Gasteiger partial charge on any atom is -0.372 e. The Kier molecular flexibility index (Phi) is 4.76. The van der Waals surface area contributed by atoms with Crippen LogP contribution in [0, 0.1) is 17.3 Å². The predicted octanol–water partition coefficient (Wildman–Crippen LogP) is 2.73. The molecule has 0 N–H and O–H groups in total. The van der Waals surface area contributed by atoms with Gasteiger partial charge in [-0.3, -0.25) is 4.79 Å². The van der Waals surface area contributed by atoms with Gasteiger partial charge in [-0.2, -0.15) is 0 Å². The number of rotatable bonds is 1. The quantitative estimate of drug-likeness (QED) is 0.501. The van der Waals surface area contributed by atoms with Crippen molar-refractivity contribution in [3.05, 3.63) is 11.6 Å². The van der Waals surface area contributed by atoms with Crippen LogP contribution in [-0.4, -0.2) is 19.5 Å². The number of Topliss-reactive ketones (excluding diaryl/α,β-unsaturated/α-hetero) is 1. The van der Waals surface area contributed by atoms with Gasteiger partial charge in [-0.05, 0) is 24.3 Å². The van der Waals surface area contributed by atoms with Crippen LogP contribution in [0.15, 0.2) is 11.6 Å². The maximum absolute atomic E-state index is 11.4. The van der Waals surface area contributed by atoms with Gasteiger partial charge in [0.1, 0.15) is 12.4 Å². The van der Waals surface area contributed by atoms with Crippen LogP contribution in [0.3, 0.4) is 0 Å². The Morgan fingerprint density at radius 2 is 2.12 bits per heavy atom. The summed E-state index contributed by atoms with van der Waals surface area (Å²) in [6.45, 7) is 4.84. The molecule has 2 heteroatoms. The van der Waals surface area contributed by atoms with Crippen LogP contribution in [0.1, 0.15) is 39.5 Å². The number of hydrogen-bond donors (Lipinski definition) is 0. The van der Waals surface area contributed by atoms with Crippen LogP contribution in [0.4, 0.5) is 0 Å². The summed E-state index contributed by atoms with van der Waals surface area (Å²) in [7, 11) is 1.63. The molecule has 16 heavy (non-hydrogen) atoms. The highest BCUT2D eigenvalue weighted by Crippen LogP contribution is 2.37. The topological polar surface area (TPSA) is 26.3 Å². The molecule has 0 atom stereocenters. The third-order valence-electron chi connectivity index (χ3n) is 3.14. The normalized spacial score (nSPS) is 22.4. The average Bonchev–Trinajstić information content (AvgIpc) is 2.36. The zero-order chi connectivity index (χ0) is 12.0. The van der Waals surface area contributed by atoms with E-state index in [4.69, 9.17) is 4.74 Å². The van der Waals surface area contributed by atoms with E-state index in [1.165, 1.54) is 5.57 Å². The first-order valence-electron chi connectivity index (χ1n) is 5.75. The second-order valence-corrected chi connectivity index (χ2v) is 4.85. The first kappa shape index (κ1) is 13.0. The Morgan fingerprint density at radius 3 is 2.81 bits per heavy atom. The summed E-state index contributed by atoms with van der Waals surface area (Å²) in [4.78, 5) is 11.4.